The lowest BCUT2D eigenvalue weighted by molar-refractivity contribution is 0.320. The van der Waals surface area contributed by atoms with Gasteiger partial charge < -0.3 is 5.21 Å². The van der Waals surface area contributed by atoms with Crippen molar-refractivity contribution >= 4 is 6.21 Å². The molecule has 0 fully saturated rings. The molecule has 1 aromatic rings. The highest BCUT2D eigenvalue weighted by molar-refractivity contribution is 5.66. The molecule has 1 atom stereocenters. The van der Waals surface area contributed by atoms with Crippen molar-refractivity contribution in [1.82, 2.24) is 0 Å². The Labute approximate surface area is 70.3 Å². The van der Waals surface area contributed by atoms with Gasteiger partial charge in [-0.3, -0.25) is 0 Å². The summed E-state index contributed by atoms with van der Waals surface area (Å²) in [4.78, 5) is 0. The standard InChI is InChI=1S/C9H10FNO/c1-7(6-11-12)8-2-4-9(10)5-3-8/h2-7,12H,1H3/b11-6-. The van der Waals surface area contributed by atoms with Crippen LogP contribution >= 0.6 is 0 Å². The summed E-state index contributed by atoms with van der Waals surface area (Å²) in [5, 5.41) is 11.2. The minimum Gasteiger partial charge on any atom is -0.411 e. The third-order valence-electron chi connectivity index (χ3n) is 1.69. The van der Waals surface area contributed by atoms with E-state index in [1.54, 1.807) is 12.1 Å². The van der Waals surface area contributed by atoms with Crippen LogP contribution in [-0.2, 0) is 0 Å². The number of hydrogen-bond acceptors (Lipinski definition) is 2. The first kappa shape index (κ1) is 8.71. The smallest absolute Gasteiger partial charge is 0.123 e. The van der Waals surface area contributed by atoms with E-state index in [0.717, 1.165) is 5.56 Å². The van der Waals surface area contributed by atoms with E-state index in [9.17, 15) is 4.39 Å². The Morgan fingerprint density at radius 2 is 2.00 bits per heavy atom. The van der Waals surface area contributed by atoms with E-state index in [4.69, 9.17) is 5.21 Å². The summed E-state index contributed by atoms with van der Waals surface area (Å²) in [5.41, 5.74) is 0.925. The van der Waals surface area contributed by atoms with E-state index < -0.39 is 0 Å². The summed E-state index contributed by atoms with van der Waals surface area (Å²) < 4.78 is 12.5. The molecule has 1 aromatic carbocycles. The van der Waals surface area contributed by atoms with Crippen LogP contribution in [0.1, 0.15) is 18.4 Å². The summed E-state index contributed by atoms with van der Waals surface area (Å²) in [6.07, 6.45) is 1.40. The molecule has 64 valence electrons. The molecule has 0 aromatic heterocycles. The van der Waals surface area contributed by atoms with Gasteiger partial charge in [0.2, 0.25) is 0 Å². The molecule has 12 heavy (non-hydrogen) atoms. The molecule has 0 aliphatic rings. The fourth-order valence-electron chi connectivity index (χ4n) is 0.952. The highest BCUT2D eigenvalue weighted by Gasteiger charge is 2.01. The van der Waals surface area contributed by atoms with E-state index >= 15 is 0 Å². The second kappa shape index (κ2) is 3.85. The number of benzene rings is 1. The molecule has 0 heterocycles. The Morgan fingerprint density at radius 3 is 2.50 bits per heavy atom. The van der Waals surface area contributed by atoms with Crippen molar-refractivity contribution in [1.29, 1.82) is 0 Å². The van der Waals surface area contributed by atoms with Gasteiger partial charge in [0.05, 0.1) is 6.21 Å². The monoisotopic (exact) mass is 167 g/mol. The molecule has 2 nitrogen and oxygen atoms in total. The largest absolute Gasteiger partial charge is 0.411 e. The average molecular weight is 167 g/mol. The zero-order valence-electron chi connectivity index (χ0n) is 6.74. The quantitative estimate of drug-likeness (QED) is 0.409. The molecule has 0 aliphatic carbocycles. The maximum absolute atomic E-state index is 12.5. The van der Waals surface area contributed by atoms with Gasteiger partial charge in [-0.2, -0.15) is 0 Å². The van der Waals surface area contributed by atoms with Crippen molar-refractivity contribution in [2.75, 3.05) is 0 Å². The fourth-order valence-corrected chi connectivity index (χ4v) is 0.952. The SMILES string of the molecule is CC(/C=N\O)c1ccc(F)cc1. The van der Waals surface area contributed by atoms with Gasteiger partial charge in [0, 0.05) is 5.92 Å². The second-order valence-corrected chi connectivity index (χ2v) is 2.60. The minimum absolute atomic E-state index is 0.00981. The van der Waals surface area contributed by atoms with E-state index in [1.807, 2.05) is 6.92 Å². The van der Waals surface area contributed by atoms with Crippen LogP contribution in [0.25, 0.3) is 0 Å². The van der Waals surface area contributed by atoms with Crippen LogP contribution in [0.5, 0.6) is 0 Å². The van der Waals surface area contributed by atoms with Gasteiger partial charge in [-0.15, -0.1) is 5.16 Å². The van der Waals surface area contributed by atoms with Crippen molar-refractivity contribution in [3.05, 3.63) is 35.6 Å². The Bertz CT molecular complexity index is 268. The normalized spacial score (nSPS) is 13.5. The molecular formula is C9H10FNO. The first-order valence-electron chi connectivity index (χ1n) is 3.67. The van der Waals surface area contributed by atoms with Crippen molar-refractivity contribution in [3.8, 4) is 0 Å². The van der Waals surface area contributed by atoms with Gasteiger partial charge >= 0.3 is 0 Å². The first-order valence-corrected chi connectivity index (χ1v) is 3.67. The predicted molar refractivity (Wildman–Crippen MR) is 45.1 cm³/mol. The Morgan fingerprint density at radius 1 is 1.42 bits per heavy atom. The van der Waals surface area contributed by atoms with E-state index in [2.05, 4.69) is 5.16 Å². The number of nitrogens with zero attached hydrogens (tertiary/aromatic N) is 1. The lowest BCUT2D eigenvalue weighted by Crippen LogP contribution is -1.94. The van der Waals surface area contributed by atoms with Crippen molar-refractivity contribution in [3.63, 3.8) is 0 Å². The fraction of sp³-hybridized carbons (Fsp3) is 0.222. The van der Waals surface area contributed by atoms with Gasteiger partial charge in [0.1, 0.15) is 5.82 Å². The molecule has 0 saturated heterocycles. The third kappa shape index (κ3) is 2.05. The number of hydrogen-bond donors (Lipinski definition) is 1. The summed E-state index contributed by atoms with van der Waals surface area (Å²) in [7, 11) is 0. The van der Waals surface area contributed by atoms with Crippen LogP contribution < -0.4 is 0 Å². The highest BCUT2D eigenvalue weighted by atomic mass is 19.1. The van der Waals surface area contributed by atoms with Gasteiger partial charge in [-0.1, -0.05) is 19.1 Å². The summed E-state index contributed by atoms with van der Waals surface area (Å²) in [6, 6.07) is 6.11. The summed E-state index contributed by atoms with van der Waals surface area (Å²) in [6.45, 7) is 1.87. The lowest BCUT2D eigenvalue weighted by atomic mass is 10.0. The minimum atomic E-state index is -0.258. The van der Waals surface area contributed by atoms with Crippen LogP contribution in [0.15, 0.2) is 29.4 Å². The number of halogens is 1. The molecular weight excluding hydrogens is 157 g/mol. The summed E-state index contributed by atoms with van der Waals surface area (Å²) in [5.74, 6) is -0.248. The second-order valence-electron chi connectivity index (χ2n) is 2.60. The van der Waals surface area contributed by atoms with E-state index in [0.29, 0.717) is 0 Å². The van der Waals surface area contributed by atoms with Gasteiger partial charge in [0.15, 0.2) is 0 Å². The molecule has 0 saturated carbocycles. The molecule has 0 bridgehead atoms. The van der Waals surface area contributed by atoms with Crippen LogP contribution in [0.4, 0.5) is 4.39 Å². The zero-order valence-corrected chi connectivity index (χ0v) is 6.74. The van der Waals surface area contributed by atoms with Gasteiger partial charge in [0.25, 0.3) is 0 Å². The molecule has 3 heteroatoms. The average Bonchev–Trinajstić information content (AvgIpc) is 2.06. The topological polar surface area (TPSA) is 32.6 Å². The lowest BCUT2D eigenvalue weighted by Gasteiger charge is -2.03. The van der Waals surface area contributed by atoms with Gasteiger partial charge in [-0.25, -0.2) is 4.39 Å². The molecule has 0 radical (unpaired) electrons. The highest BCUT2D eigenvalue weighted by Crippen LogP contribution is 2.12. The molecule has 1 rings (SSSR count). The van der Waals surface area contributed by atoms with Gasteiger partial charge in [-0.05, 0) is 17.7 Å². The van der Waals surface area contributed by atoms with Crippen LogP contribution in [-0.4, -0.2) is 11.4 Å². The zero-order chi connectivity index (χ0) is 8.97. The summed E-state index contributed by atoms with van der Waals surface area (Å²) >= 11 is 0. The van der Waals surface area contributed by atoms with E-state index in [1.165, 1.54) is 18.3 Å². The van der Waals surface area contributed by atoms with Crippen LogP contribution in [0.2, 0.25) is 0 Å². The molecule has 0 amide bonds. The molecule has 0 spiro atoms. The third-order valence-corrected chi connectivity index (χ3v) is 1.69. The first-order chi connectivity index (χ1) is 5.74. The predicted octanol–water partition coefficient (Wildman–Crippen LogP) is 2.39. The Balaban J connectivity index is 2.82. The number of oxime groups is 1. The maximum Gasteiger partial charge on any atom is 0.123 e. The molecule has 1 unspecified atom stereocenters. The Hall–Kier alpha value is -1.38. The van der Waals surface area contributed by atoms with Crippen molar-refractivity contribution in [2.24, 2.45) is 5.16 Å². The maximum atomic E-state index is 12.5. The molecule has 0 aliphatic heterocycles. The van der Waals surface area contributed by atoms with Crippen molar-refractivity contribution < 1.29 is 9.60 Å². The van der Waals surface area contributed by atoms with Crippen molar-refractivity contribution in [2.45, 2.75) is 12.8 Å². The van der Waals surface area contributed by atoms with Crippen LogP contribution in [0, 0.1) is 5.82 Å². The number of rotatable bonds is 2. The van der Waals surface area contributed by atoms with Crippen LogP contribution in [0.3, 0.4) is 0 Å². The Kier molecular flexibility index (Phi) is 2.80. The van der Waals surface area contributed by atoms with E-state index in [-0.39, 0.29) is 11.7 Å². The molecule has 1 N–H and O–H groups in total.